The van der Waals surface area contributed by atoms with Gasteiger partial charge in [-0.1, -0.05) is 254 Å². The molecule has 356 valence electrons. The van der Waals surface area contributed by atoms with E-state index in [-0.39, 0.29) is 5.84 Å². The fraction of sp³-hybridized carbons (Fsp3) is 0.0278. The fourth-order valence-electron chi connectivity index (χ4n) is 13.5. The Morgan fingerprint density at radius 3 is 1.28 bits per heavy atom. The maximum absolute atomic E-state index is 9.74. The van der Waals surface area contributed by atoms with E-state index in [1.54, 1.807) is 0 Å². The summed E-state index contributed by atoms with van der Waals surface area (Å²) in [5.74, 6) is 0.898. The third-order valence-electron chi connectivity index (χ3n) is 16.4. The number of hydrogen-bond acceptors (Lipinski definition) is 1. The summed E-state index contributed by atoms with van der Waals surface area (Å²) in [5.41, 5.74) is 22.4. The topological polar surface area (TPSA) is 45.7 Å². The molecule has 15 rings (SSSR count). The first-order chi connectivity index (χ1) is 37.7. The molecule has 2 heterocycles. The van der Waals surface area contributed by atoms with Gasteiger partial charge in [0.25, 0.3) is 0 Å². The van der Waals surface area contributed by atoms with E-state index in [9.17, 15) is 5.41 Å². The number of rotatable bonds is 8. The van der Waals surface area contributed by atoms with Crippen LogP contribution in [0.4, 0.5) is 0 Å². The molecule has 2 aliphatic carbocycles. The molecule has 2 aliphatic rings. The van der Waals surface area contributed by atoms with Crippen LogP contribution in [0.5, 0.6) is 0 Å². The highest BCUT2D eigenvalue weighted by Gasteiger charge is 2.49. The summed E-state index contributed by atoms with van der Waals surface area (Å²) in [6, 6.07) is 98.7. The van der Waals surface area contributed by atoms with Crippen molar-refractivity contribution < 1.29 is 0 Å². The molecule has 4 heteroatoms. The first kappa shape index (κ1) is 43.6. The van der Waals surface area contributed by atoms with Crippen LogP contribution in [-0.2, 0) is 10.8 Å². The molecule has 0 aliphatic heterocycles. The van der Waals surface area contributed by atoms with Crippen molar-refractivity contribution in [1.82, 2.24) is 14.5 Å². The lowest BCUT2D eigenvalue weighted by atomic mass is 9.67. The van der Waals surface area contributed by atoms with Gasteiger partial charge in [0.1, 0.15) is 5.84 Å². The number of nitrogens with zero attached hydrogens (tertiary/aromatic N) is 2. The van der Waals surface area contributed by atoms with Gasteiger partial charge in [-0.05, 0) is 91.0 Å². The molecule has 11 aromatic carbocycles. The minimum Gasteiger partial charge on any atom is -0.319 e. The molecule has 0 atom stereocenters. The monoisotopic (exact) mass is 968 g/mol. The van der Waals surface area contributed by atoms with Gasteiger partial charge in [0, 0.05) is 27.1 Å². The minimum absolute atomic E-state index is 0.271. The van der Waals surface area contributed by atoms with Crippen LogP contribution in [0.15, 0.2) is 279 Å². The second kappa shape index (κ2) is 17.0. The zero-order valence-electron chi connectivity index (χ0n) is 41.5. The zero-order valence-corrected chi connectivity index (χ0v) is 41.5. The SMILES string of the molecule is N=C(NC(=C=Cn1c2ccccc2c2c3c(ccc21)-c1ccccc1C3(c1ccccc1)c1ccccc1)n1c2ccccc2c2c3c(ccc21)-c1ccccc1C3(c1ccccc1)c1ccccc1)c1ccccc1. The normalized spacial score (nSPS) is 13.5. The summed E-state index contributed by atoms with van der Waals surface area (Å²) in [6.07, 6.45) is 2.09. The Hall–Kier alpha value is -9.99. The molecule has 0 spiro atoms. The van der Waals surface area contributed by atoms with Crippen LogP contribution in [0.3, 0.4) is 0 Å². The molecule has 2 N–H and O–H groups in total. The van der Waals surface area contributed by atoms with E-state index in [1.165, 1.54) is 72.1 Å². The summed E-state index contributed by atoms with van der Waals surface area (Å²) in [6.45, 7) is 0. The van der Waals surface area contributed by atoms with Crippen LogP contribution in [0, 0.1) is 5.41 Å². The minimum atomic E-state index is -0.635. The second-order valence-electron chi connectivity index (χ2n) is 20.0. The van der Waals surface area contributed by atoms with E-state index in [4.69, 9.17) is 0 Å². The molecule has 2 aromatic heterocycles. The van der Waals surface area contributed by atoms with Gasteiger partial charge in [-0.15, -0.1) is 0 Å². The van der Waals surface area contributed by atoms with Crippen LogP contribution in [-0.4, -0.2) is 15.0 Å². The largest absolute Gasteiger partial charge is 0.319 e. The highest BCUT2D eigenvalue weighted by molar-refractivity contribution is 6.18. The van der Waals surface area contributed by atoms with Crippen molar-refractivity contribution in [3.63, 3.8) is 0 Å². The van der Waals surface area contributed by atoms with E-state index in [1.807, 2.05) is 30.3 Å². The van der Waals surface area contributed by atoms with Crippen LogP contribution in [0.25, 0.3) is 77.9 Å². The fourth-order valence-corrected chi connectivity index (χ4v) is 13.5. The highest BCUT2D eigenvalue weighted by Crippen LogP contribution is 2.61. The van der Waals surface area contributed by atoms with Gasteiger partial charge < -0.3 is 9.88 Å². The van der Waals surface area contributed by atoms with E-state index >= 15 is 0 Å². The quantitative estimate of drug-likeness (QED) is 0.0890. The molecular weight excluding hydrogens is 921 g/mol. The van der Waals surface area contributed by atoms with Gasteiger partial charge in [-0.3, -0.25) is 9.98 Å². The Morgan fingerprint density at radius 1 is 0.368 bits per heavy atom. The van der Waals surface area contributed by atoms with Crippen molar-refractivity contribution in [3.05, 3.63) is 329 Å². The lowest BCUT2D eigenvalue weighted by Gasteiger charge is -2.34. The van der Waals surface area contributed by atoms with E-state index in [2.05, 4.69) is 269 Å². The third-order valence-corrected chi connectivity index (χ3v) is 16.4. The Bertz CT molecular complexity index is 4440. The maximum Gasteiger partial charge on any atom is 0.163 e. The van der Waals surface area contributed by atoms with Gasteiger partial charge in [0.05, 0.1) is 39.1 Å². The number of para-hydroxylation sites is 2. The van der Waals surface area contributed by atoms with Crippen molar-refractivity contribution in [2.75, 3.05) is 0 Å². The number of aromatic nitrogens is 2. The molecule has 0 amide bonds. The van der Waals surface area contributed by atoms with Crippen molar-refractivity contribution in [2.45, 2.75) is 10.8 Å². The van der Waals surface area contributed by atoms with Gasteiger partial charge in [-0.25, -0.2) is 0 Å². The summed E-state index contributed by atoms with van der Waals surface area (Å²) >= 11 is 0. The number of nitrogens with one attached hydrogen (secondary N) is 2. The molecule has 0 saturated carbocycles. The zero-order chi connectivity index (χ0) is 50.4. The van der Waals surface area contributed by atoms with Crippen LogP contribution in [0.2, 0.25) is 0 Å². The number of fused-ring (bicyclic) bond motifs is 14. The summed E-state index contributed by atoms with van der Waals surface area (Å²) < 4.78 is 4.60. The van der Waals surface area contributed by atoms with Crippen molar-refractivity contribution in [3.8, 4) is 22.3 Å². The summed E-state index contributed by atoms with van der Waals surface area (Å²) in [4.78, 5) is 0. The molecule has 0 bridgehead atoms. The standard InChI is InChI=1S/C72H48N4/c73-70(48-24-6-1-7-25-48)74-65(76-62-41-23-19-37-58(62)67-64(76)45-43-56-54-35-17-21-39-60(54)72(69(56)67,51-30-12-4-13-31-51)52-32-14-5-15-33-52)46-47-75-61-40-22-18-36-57(61)66-63(75)44-42-55-53-34-16-20-38-59(53)71(68(55)66,49-26-8-2-9-27-49)50-28-10-3-11-29-50/h1-45,47H,(H2,73,74). The van der Waals surface area contributed by atoms with Gasteiger partial charge in [0.2, 0.25) is 0 Å². The van der Waals surface area contributed by atoms with E-state index in [0.717, 1.165) is 43.8 Å². The predicted octanol–water partition coefficient (Wildman–Crippen LogP) is 16.8. The molecule has 13 aromatic rings. The van der Waals surface area contributed by atoms with Crippen molar-refractivity contribution >= 4 is 61.5 Å². The molecule has 0 radical (unpaired) electrons. The number of amidine groups is 1. The second-order valence-corrected chi connectivity index (χ2v) is 20.0. The molecule has 0 fully saturated rings. The first-order valence-electron chi connectivity index (χ1n) is 26.1. The number of hydrogen-bond donors (Lipinski definition) is 2. The Morgan fingerprint density at radius 2 is 0.763 bits per heavy atom. The average Bonchev–Trinajstić information content (AvgIpc) is 4.31. The summed E-state index contributed by atoms with van der Waals surface area (Å²) in [7, 11) is 0. The Kier molecular flexibility index (Phi) is 9.77. The average molecular weight is 969 g/mol. The highest BCUT2D eigenvalue weighted by atomic mass is 15.2. The Labute approximate surface area is 440 Å². The lowest BCUT2D eigenvalue weighted by molar-refractivity contribution is 0.776. The van der Waals surface area contributed by atoms with Gasteiger partial charge in [0.15, 0.2) is 5.82 Å². The summed E-state index contributed by atoms with van der Waals surface area (Å²) in [5, 5.41) is 18.0. The smallest absolute Gasteiger partial charge is 0.163 e. The molecule has 4 nitrogen and oxygen atoms in total. The number of benzene rings is 11. The van der Waals surface area contributed by atoms with Gasteiger partial charge in [-0.2, -0.15) is 0 Å². The van der Waals surface area contributed by atoms with Crippen molar-refractivity contribution in [2.24, 2.45) is 0 Å². The molecule has 0 unspecified atom stereocenters. The molecular formula is C72H48N4. The van der Waals surface area contributed by atoms with Gasteiger partial charge >= 0.3 is 0 Å². The third kappa shape index (κ3) is 6.05. The van der Waals surface area contributed by atoms with E-state index in [0.29, 0.717) is 5.82 Å². The van der Waals surface area contributed by atoms with E-state index < -0.39 is 10.8 Å². The Balaban J connectivity index is 1.04. The molecule has 76 heavy (non-hydrogen) atoms. The maximum atomic E-state index is 9.74. The van der Waals surface area contributed by atoms with Crippen LogP contribution >= 0.6 is 0 Å². The molecule has 0 saturated heterocycles. The first-order valence-corrected chi connectivity index (χ1v) is 26.1. The lowest BCUT2D eigenvalue weighted by Crippen LogP contribution is -2.28. The predicted molar refractivity (Wildman–Crippen MR) is 314 cm³/mol. The van der Waals surface area contributed by atoms with Crippen LogP contribution < -0.4 is 5.32 Å². The van der Waals surface area contributed by atoms with Crippen molar-refractivity contribution in [1.29, 1.82) is 5.41 Å². The van der Waals surface area contributed by atoms with Crippen LogP contribution in [0.1, 0.15) is 50.1 Å².